The molecule has 1 aromatic rings. The molecule has 0 bridgehead atoms. The fraction of sp³-hybridized carbons (Fsp3) is 0.600. The van der Waals surface area contributed by atoms with Crippen molar-refractivity contribution in [2.75, 3.05) is 13.2 Å². The largest absolute Gasteiger partial charge is 0.396 e. The molecule has 2 N–H and O–H groups in total. The number of aryl methyl sites for hydroxylation is 1. The van der Waals surface area contributed by atoms with E-state index in [1.165, 1.54) is 11.1 Å². The average Bonchev–Trinajstić information content (AvgIpc) is 2.32. The second kappa shape index (κ2) is 6.18. The zero-order valence-corrected chi connectivity index (χ0v) is 11.5. The van der Waals surface area contributed by atoms with E-state index in [1.54, 1.807) is 0 Å². The zero-order valence-electron chi connectivity index (χ0n) is 11.5. The van der Waals surface area contributed by atoms with Crippen molar-refractivity contribution in [2.45, 2.75) is 40.2 Å². The van der Waals surface area contributed by atoms with Gasteiger partial charge in [0.15, 0.2) is 0 Å². The Morgan fingerprint density at radius 1 is 1.24 bits per heavy atom. The summed E-state index contributed by atoms with van der Waals surface area (Å²) in [7, 11) is 0. The van der Waals surface area contributed by atoms with Gasteiger partial charge in [0, 0.05) is 24.6 Å². The minimum atomic E-state index is -0.0574. The number of benzene rings is 1. The Balaban J connectivity index is 2.63. The van der Waals surface area contributed by atoms with Crippen LogP contribution in [0.1, 0.15) is 44.4 Å². The normalized spacial score (nSPS) is 13.7. The predicted octanol–water partition coefficient (Wildman–Crippen LogP) is 3.05. The Labute approximate surface area is 105 Å². The highest BCUT2D eigenvalue weighted by Crippen LogP contribution is 2.20. The van der Waals surface area contributed by atoms with Crippen LogP contribution >= 0.6 is 0 Å². The van der Waals surface area contributed by atoms with Crippen molar-refractivity contribution >= 4 is 0 Å². The van der Waals surface area contributed by atoms with Gasteiger partial charge in [0.1, 0.15) is 0 Å². The van der Waals surface area contributed by atoms with Gasteiger partial charge in [-0.2, -0.15) is 0 Å². The van der Waals surface area contributed by atoms with Gasteiger partial charge in [0.2, 0.25) is 0 Å². The molecule has 0 aliphatic heterocycles. The molecule has 1 rings (SSSR count). The first kappa shape index (κ1) is 14.2. The minimum absolute atomic E-state index is 0.0574. The van der Waals surface area contributed by atoms with Gasteiger partial charge in [0.25, 0.3) is 0 Å². The highest BCUT2D eigenvalue weighted by Gasteiger charge is 2.18. The number of rotatable bonds is 6. The van der Waals surface area contributed by atoms with E-state index in [9.17, 15) is 5.11 Å². The highest BCUT2D eigenvalue weighted by molar-refractivity contribution is 5.24. The van der Waals surface area contributed by atoms with Gasteiger partial charge in [0.05, 0.1) is 0 Å². The van der Waals surface area contributed by atoms with Crippen LogP contribution in [0.15, 0.2) is 24.3 Å². The van der Waals surface area contributed by atoms with Crippen LogP contribution in [0.5, 0.6) is 0 Å². The van der Waals surface area contributed by atoms with Crippen LogP contribution < -0.4 is 5.32 Å². The number of aliphatic hydroxyl groups is 1. The number of hydrogen-bond donors (Lipinski definition) is 2. The Bertz CT molecular complexity index is 329. The minimum Gasteiger partial charge on any atom is -0.396 e. The molecule has 0 heterocycles. The zero-order chi connectivity index (χ0) is 12.9. The van der Waals surface area contributed by atoms with E-state index in [1.807, 2.05) is 0 Å². The summed E-state index contributed by atoms with van der Waals surface area (Å²) < 4.78 is 0. The van der Waals surface area contributed by atoms with Crippen molar-refractivity contribution in [3.8, 4) is 0 Å². The Hall–Kier alpha value is -0.860. The molecule has 0 aromatic heterocycles. The Morgan fingerprint density at radius 2 is 1.82 bits per heavy atom. The molecule has 0 saturated carbocycles. The highest BCUT2D eigenvalue weighted by atomic mass is 16.3. The summed E-state index contributed by atoms with van der Waals surface area (Å²) in [5.74, 6) is 0. The molecule has 0 aliphatic rings. The summed E-state index contributed by atoms with van der Waals surface area (Å²) in [6, 6.07) is 9.04. The molecule has 1 aromatic carbocycles. The summed E-state index contributed by atoms with van der Waals surface area (Å²) in [4.78, 5) is 0. The van der Waals surface area contributed by atoms with E-state index in [0.717, 1.165) is 13.0 Å². The lowest BCUT2D eigenvalue weighted by Gasteiger charge is -2.26. The third kappa shape index (κ3) is 4.49. The van der Waals surface area contributed by atoms with Gasteiger partial charge in [-0.05, 0) is 18.9 Å². The first-order valence-corrected chi connectivity index (χ1v) is 6.39. The van der Waals surface area contributed by atoms with Gasteiger partial charge in [-0.25, -0.2) is 0 Å². The molecule has 17 heavy (non-hydrogen) atoms. The lowest BCUT2D eigenvalue weighted by Crippen LogP contribution is -2.34. The summed E-state index contributed by atoms with van der Waals surface area (Å²) in [5, 5.41) is 12.8. The van der Waals surface area contributed by atoms with Crippen LogP contribution in [-0.4, -0.2) is 18.3 Å². The van der Waals surface area contributed by atoms with E-state index >= 15 is 0 Å². The Morgan fingerprint density at radius 3 is 2.29 bits per heavy atom. The third-order valence-electron chi connectivity index (χ3n) is 3.14. The molecule has 0 fully saturated rings. The summed E-state index contributed by atoms with van der Waals surface area (Å²) in [5.41, 5.74) is 2.56. The van der Waals surface area contributed by atoms with Crippen LogP contribution in [0.25, 0.3) is 0 Å². The van der Waals surface area contributed by atoms with Crippen LogP contribution in [0.3, 0.4) is 0 Å². The maximum absolute atomic E-state index is 9.25. The average molecular weight is 235 g/mol. The van der Waals surface area contributed by atoms with Gasteiger partial charge < -0.3 is 10.4 Å². The lowest BCUT2D eigenvalue weighted by atomic mass is 9.93. The maximum Gasteiger partial charge on any atom is 0.0494 e. The molecule has 1 unspecified atom stereocenters. The molecule has 96 valence electrons. The number of hydrogen-bond acceptors (Lipinski definition) is 2. The van der Waals surface area contributed by atoms with Crippen molar-refractivity contribution in [3.63, 3.8) is 0 Å². The van der Waals surface area contributed by atoms with Gasteiger partial charge in [-0.1, -0.05) is 50.6 Å². The van der Waals surface area contributed by atoms with Gasteiger partial charge in [-0.15, -0.1) is 0 Å². The summed E-state index contributed by atoms with van der Waals surface area (Å²) in [6.07, 6.45) is 1.06. The van der Waals surface area contributed by atoms with E-state index in [-0.39, 0.29) is 12.0 Å². The van der Waals surface area contributed by atoms with Crippen molar-refractivity contribution < 1.29 is 5.11 Å². The molecular formula is C15H25NO. The Kier molecular flexibility index (Phi) is 5.16. The second-order valence-corrected chi connectivity index (χ2v) is 5.57. The van der Waals surface area contributed by atoms with Crippen LogP contribution in [0, 0.1) is 12.3 Å². The third-order valence-corrected chi connectivity index (χ3v) is 3.14. The second-order valence-electron chi connectivity index (χ2n) is 5.57. The van der Waals surface area contributed by atoms with Crippen LogP contribution in [0.2, 0.25) is 0 Å². The van der Waals surface area contributed by atoms with Crippen LogP contribution in [-0.2, 0) is 0 Å². The molecule has 2 nitrogen and oxygen atoms in total. The number of aliphatic hydroxyl groups excluding tert-OH is 1. The predicted molar refractivity (Wildman–Crippen MR) is 73.1 cm³/mol. The van der Waals surface area contributed by atoms with Crippen molar-refractivity contribution in [1.29, 1.82) is 0 Å². The lowest BCUT2D eigenvalue weighted by molar-refractivity contribution is 0.152. The molecule has 0 saturated heterocycles. The molecule has 0 aliphatic carbocycles. The smallest absolute Gasteiger partial charge is 0.0494 e. The van der Waals surface area contributed by atoms with E-state index in [4.69, 9.17) is 0 Å². The molecule has 0 radical (unpaired) electrons. The van der Waals surface area contributed by atoms with Crippen molar-refractivity contribution in [3.05, 3.63) is 35.4 Å². The first-order chi connectivity index (χ1) is 7.98. The quantitative estimate of drug-likeness (QED) is 0.794. The van der Waals surface area contributed by atoms with Gasteiger partial charge >= 0.3 is 0 Å². The SMILES string of the molecule is CCC(NCC(C)(C)CO)c1ccc(C)cc1. The molecular weight excluding hydrogens is 210 g/mol. The van der Waals surface area contributed by atoms with E-state index in [0.29, 0.717) is 6.04 Å². The fourth-order valence-corrected chi connectivity index (χ4v) is 1.75. The molecule has 0 amide bonds. The summed E-state index contributed by atoms with van der Waals surface area (Å²) in [6.45, 7) is 9.47. The summed E-state index contributed by atoms with van der Waals surface area (Å²) >= 11 is 0. The van der Waals surface area contributed by atoms with E-state index in [2.05, 4.69) is 57.3 Å². The monoisotopic (exact) mass is 235 g/mol. The number of nitrogens with one attached hydrogen (secondary N) is 1. The topological polar surface area (TPSA) is 32.3 Å². The molecule has 0 spiro atoms. The van der Waals surface area contributed by atoms with Gasteiger partial charge in [-0.3, -0.25) is 0 Å². The fourth-order valence-electron chi connectivity index (χ4n) is 1.75. The first-order valence-electron chi connectivity index (χ1n) is 6.39. The maximum atomic E-state index is 9.25. The van der Waals surface area contributed by atoms with E-state index < -0.39 is 0 Å². The van der Waals surface area contributed by atoms with Crippen LogP contribution in [0.4, 0.5) is 0 Å². The molecule has 2 heteroatoms. The molecule has 1 atom stereocenters. The van der Waals surface area contributed by atoms with Crippen molar-refractivity contribution in [1.82, 2.24) is 5.32 Å². The van der Waals surface area contributed by atoms with Crippen molar-refractivity contribution in [2.24, 2.45) is 5.41 Å². The standard InChI is InChI=1S/C15H25NO/c1-5-14(16-10-15(3,4)11-17)13-8-6-12(2)7-9-13/h6-9,14,16-17H,5,10-11H2,1-4H3.